The number of rotatable bonds is 2. The normalized spacial score (nSPS) is 41.1. The number of hydrogen-bond acceptors (Lipinski definition) is 2. The van der Waals surface area contributed by atoms with Crippen molar-refractivity contribution < 1.29 is 4.74 Å². The van der Waals surface area contributed by atoms with Crippen LogP contribution in [0, 0.1) is 17.8 Å². The highest BCUT2D eigenvalue weighted by atomic mass is 16.5. The van der Waals surface area contributed by atoms with E-state index in [4.69, 9.17) is 10.5 Å². The summed E-state index contributed by atoms with van der Waals surface area (Å²) in [5.41, 5.74) is 6.32. The van der Waals surface area contributed by atoms with Crippen LogP contribution in [0.5, 0.6) is 0 Å². The van der Waals surface area contributed by atoms with Crippen molar-refractivity contribution >= 4 is 0 Å². The minimum atomic E-state index is 0.407. The molecule has 0 radical (unpaired) electrons. The Hall–Kier alpha value is -0.0800. The summed E-state index contributed by atoms with van der Waals surface area (Å²) in [5.74, 6) is 2.35. The van der Waals surface area contributed by atoms with E-state index in [2.05, 4.69) is 6.92 Å². The van der Waals surface area contributed by atoms with Gasteiger partial charge >= 0.3 is 0 Å². The first kappa shape index (κ1) is 10.4. The Morgan fingerprint density at radius 3 is 2.36 bits per heavy atom. The average Bonchev–Trinajstić information content (AvgIpc) is 2.71. The van der Waals surface area contributed by atoms with Crippen LogP contribution in [0.4, 0.5) is 0 Å². The zero-order chi connectivity index (χ0) is 9.97. The molecule has 0 aromatic carbocycles. The van der Waals surface area contributed by atoms with Gasteiger partial charge in [0.15, 0.2) is 0 Å². The Bertz CT molecular complexity index is 169. The second-order valence-electron chi connectivity index (χ2n) is 5.22. The lowest BCUT2D eigenvalue weighted by molar-refractivity contribution is 0.160. The summed E-state index contributed by atoms with van der Waals surface area (Å²) < 4.78 is 5.41. The summed E-state index contributed by atoms with van der Waals surface area (Å²) >= 11 is 0. The molecule has 0 spiro atoms. The van der Waals surface area contributed by atoms with Gasteiger partial charge in [-0.2, -0.15) is 0 Å². The Balaban J connectivity index is 1.82. The lowest BCUT2D eigenvalue weighted by Gasteiger charge is -2.33. The van der Waals surface area contributed by atoms with Gasteiger partial charge in [0.1, 0.15) is 0 Å². The summed E-state index contributed by atoms with van der Waals surface area (Å²) in [7, 11) is 0. The van der Waals surface area contributed by atoms with E-state index >= 15 is 0 Å². The van der Waals surface area contributed by atoms with Crippen LogP contribution in [0.1, 0.15) is 39.0 Å². The first-order valence-corrected chi connectivity index (χ1v) is 6.10. The molecule has 2 heteroatoms. The molecular formula is C12H23NO. The molecule has 2 rings (SSSR count). The number of ether oxygens (including phenoxy) is 1. The summed E-state index contributed by atoms with van der Waals surface area (Å²) in [4.78, 5) is 0. The molecule has 0 aromatic rings. The van der Waals surface area contributed by atoms with Crippen molar-refractivity contribution in [1.82, 2.24) is 0 Å². The maximum Gasteiger partial charge on any atom is 0.0510 e. The van der Waals surface area contributed by atoms with Gasteiger partial charge in [-0.3, -0.25) is 0 Å². The van der Waals surface area contributed by atoms with Gasteiger partial charge < -0.3 is 10.5 Å². The number of hydrogen-bond donors (Lipinski definition) is 1. The highest BCUT2D eigenvalue weighted by molar-refractivity contribution is 4.85. The fraction of sp³-hybridized carbons (Fsp3) is 1.00. The molecule has 1 aliphatic heterocycles. The topological polar surface area (TPSA) is 35.2 Å². The van der Waals surface area contributed by atoms with E-state index in [9.17, 15) is 0 Å². The van der Waals surface area contributed by atoms with Crippen LogP contribution in [0.3, 0.4) is 0 Å². The van der Waals surface area contributed by atoms with Crippen molar-refractivity contribution in [3.63, 3.8) is 0 Å². The highest BCUT2D eigenvalue weighted by Gasteiger charge is 2.31. The van der Waals surface area contributed by atoms with Crippen molar-refractivity contribution in [3.8, 4) is 0 Å². The van der Waals surface area contributed by atoms with Gasteiger partial charge in [-0.1, -0.05) is 19.8 Å². The Labute approximate surface area is 87.2 Å². The largest absolute Gasteiger partial charge is 0.381 e. The monoisotopic (exact) mass is 197 g/mol. The molecule has 2 aliphatic rings. The van der Waals surface area contributed by atoms with Gasteiger partial charge in [0.2, 0.25) is 0 Å². The Kier molecular flexibility index (Phi) is 3.45. The van der Waals surface area contributed by atoms with Crippen LogP contribution in [-0.2, 0) is 4.74 Å². The second-order valence-corrected chi connectivity index (χ2v) is 5.22. The van der Waals surface area contributed by atoms with Crippen molar-refractivity contribution in [2.24, 2.45) is 23.5 Å². The predicted octanol–water partition coefficient (Wildman–Crippen LogP) is 2.18. The van der Waals surface area contributed by atoms with Gasteiger partial charge in [-0.15, -0.1) is 0 Å². The second kappa shape index (κ2) is 4.63. The minimum absolute atomic E-state index is 0.407. The zero-order valence-corrected chi connectivity index (χ0v) is 9.24. The van der Waals surface area contributed by atoms with E-state index in [-0.39, 0.29) is 0 Å². The molecule has 2 N–H and O–H groups in total. The van der Waals surface area contributed by atoms with E-state index in [0.29, 0.717) is 12.0 Å². The third kappa shape index (κ3) is 2.29. The fourth-order valence-electron chi connectivity index (χ4n) is 2.91. The maximum absolute atomic E-state index is 6.32. The lowest BCUT2D eigenvalue weighted by atomic mass is 9.76. The van der Waals surface area contributed by atoms with Crippen LogP contribution in [-0.4, -0.2) is 19.3 Å². The molecule has 0 aromatic heterocycles. The maximum atomic E-state index is 6.32. The molecule has 2 atom stereocenters. The van der Waals surface area contributed by atoms with E-state index in [1.165, 1.54) is 32.1 Å². The average molecular weight is 197 g/mol. The predicted molar refractivity (Wildman–Crippen MR) is 58.0 cm³/mol. The Morgan fingerprint density at radius 2 is 1.79 bits per heavy atom. The van der Waals surface area contributed by atoms with Gasteiger partial charge in [-0.25, -0.2) is 0 Å². The summed E-state index contributed by atoms with van der Waals surface area (Å²) in [6, 6.07) is 0.407. The fourth-order valence-corrected chi connectivity index (χ4v) is 2.91. The number of nitrogens with two attached hydrogens (primary N) is 1. The van der Waals surface area contributed by atoms with Crippen LogP contribution < -0.4 is 5.73 Å². The molecule has 2 fully saturated rings. The van der Waals surface area contributed by atoms with Crippen LogP contribution in [0.25, 0.3) is 0 Å². The minimum Gasteiger partial charge on any atom is -0.381 e. The molecule has 1 heterocycles. The summed E-state index contributed by atoms with van der Waals surface area (Å²) in [6.07, 6.45) is 6.64. The van der Waals surface area contributed by atoms with E-state index in [1.54, 1.807) is 0 Å². The Morgan fingerprint density at radius 1 is 1.07 bits per heavy atom. The molecule has 2 unspecified atom stereocenters. The molecule has 0 bridgehead atoms. The standard InChI is InChI=1S/C12H23NO/c1-9-2-4-10(5-3-9)12(13)11-6-7-14-8-11/h9-12H,2-8,13H2,1H3. The molecule has 1 saturated carbocycles. The molecular weight excluding hydrogens is 174 g/mol. The molecule has 82 valence electrons. The van der Waals surface area contributed by atoms with Crippen LogP contribution in [0.2, 0.25) is 0 Å². The van der Waals surface area contributed by atoms with E-state index < -0.39 is 0 Å². The molecule has 1 saturated heterocycles. The van der Waals surface area contributed by atoms with Crippen molar-refractivity contribution in [3.05, 3.63) is 0 Å². The molecule has 0 amide bonds. The van der Waals surface area contributed by atoms with E-state index in [1.807, 2.05) is 0 Å². The first-order valence-electron chi connectivity index (χ1n) is 6.10. The van der Waals surface area contributed by atoms with Crippen molar-refractivity contribution in [2.75, 3.05) is 13.2 Å². The molecule has 2 nitrogen and oxygen atoms in total. The summed E-state index contributed by atoms with van der Waals surface area (Å²) in [6.45, 7) is 4.20. The van der Waals surface area contributed by atoms with Gasteiger partial charge in [0.05, 0.1) is 6.61 Å². The van der Waals surface area contributed by atoms with Crippen LogP contribution >= 0.6 is 0 Å². The quantitative estimate of drug-likeness (QED) is 0.736. The van der Waals surface area contributed by atoms with Gasteiger partial charge in [-0.05, 0) is 37.0 Å². The third-order valence-corrected chi connectivity index (χ3v) is 4.11. The molecule has 1 aliphatic carbocycles. The smallest absolute Gasteiger partial charge is 0.0510 e. The van der Waals surface area contributed by atoms with Crippen LogP contribution in [0.15, 0.2) is 0 Å². The first-order chi connectivity index (χ1) is 6.77. The van der Waals surface area contributed by atoms with E-state index in [0.717, 1.165) is 25.0 Å². The molecule has 14 heavy (non-hydrogen) atoms. The zero-order valence-electron chi connectivity index (χ0n) is 9.24. The SMILES string of the molecule is CC1CCC(C(N)C2CCOC2)CC1. The van der Waals surface area contributed by atoms with Crippen molar-refractivity contribution in [2.45, 2.75) is 45.1 Å². The van der Waals surface area contributed by atoms with Gasteiger partial charge in [0, 0.05) is 12.6 Å². The highest BCUT2D eigenvalue weighted by Crippen LogP contribution is 2.33. The lowest BCUT2D eigenvalue weighted by Crippen LogP contribution is -2.39. The summed E-state index contributed by atoms with van der Waals surface area (Å²) in [5, 5.41) is 0. The van der Waals surface area contributed by atoms with Crippen molar-refractivity contribution in [1.29, 1.82) is 0 Å². The van der Waals surface area contributed by atoms with Gasteiger partial charge in [0.25, 0.3) is 0 Å². The third-order valence-electron chi connectivity index (χ3n) is 4.11.